The number of nitrogens with zero attached hydrogens (tertiary/aromatic N) is 1. The van der Waals surface area contributed by atoms with Crippen LogP contribution in [0.5, 0.6) is 0 Å². The Bertz CT molecular complexity index is 230. The summed E-state index contributed by atoms with van der Waals surface area (Å²) in [4.78, 5) is 23.7. The molecule has 14 heavy (non-hydrogen) atoms. The third kappa shape index (κ3) is 3.33. The van der Waals surface area contributed by atoms with Crippen LogP contribution in [0.1, 0.15) is 13.8 Å². The highest BCUT2D eigenvalue weighted by Gasteiger charge is 2.20. The molecule has 0 aromatic carbocycles. The van der Waals surface area contributed by atoms with Gasteiger partial charge >= 0.3 is 5.97 Å². The highest BCUT2D eigenvalue weighted by molar-refractivity contribution is 5.80. The van der Waals surface area contributed by atoms with Gasteiger partial charge in [0, 0.05) is 32.6 Å². The number of ether oxygens (including phenoxy) is 1. The van der Waals surface area contributed by atoms with Gasteiger partial charge in [-0.3, -0.25) is 9.59 Å². The maximum atomic E-state index is 11.5. The molecule has 0 saturated carbocycles. The molecule has 1 aliphatic rings. The Morgan fingerprint density at radius 2 is 2.29 bits per heavy atom. The zero-order chi connectivity index (χ0) is 10.6. The molecule has 0 aliphatic carbocycles. The van der Waals surface area contributed by atoms with E-state index in [1.165, 1.54) is 6.92 Å². The average Bonchev–Trinajstić information content (AvgIpc) is 2.14. The molecule has 1 aliphatic heterocycles. The number of nitrogens with one attached hydrogen (secondary N) is 1. The van der Waals surface area contributed by atoms with Gasteiger partial charge in [0.1, 0.15) is 0 Å². The van der Waals surface area contributed by atoms with Crippen molar-refractivity contribution in [1.29, 1.82) is 0 Å². The van der Waals surface area contributed by atoms with Crippen LogP contribution in [0.2, 0.25) is 0 Å². The zero-order valence-corrected chi connectivity index (χ0v) is 8.58. The second-order valence-electron chi connectivity index (χ2n) is 3.48. The molecule has 5 nitrogen and oxygen atoms in total. The number of amides is 1. The molecular weight excluding hydrogens is 184 g/mol. The van der Waals surface area contributed by atoms with Gasteiger partial charge in [0.2, 0.25) is 0 Å². The van der Waals surface area contributed by atoms with Crippen LogP contribution in [-0.2, 0) is 14.3 Å². The molecule has 1 N–H and O–H groups in total. The van der Waals surface area contributed by atoms with E-state index in [2.05, 4.69) is 10.1 Å². The molecule has 1 atom stereocenters. The van der Waals surface area contributed by atoms with Crippen molar-refractivity contribution >= 4 is 11.9 Å². The monoisotopic (exact) mass is 200 g/mol. The molecular formula is C9H16N2O3. The molecule has 1 saturated heterocycles. The van der Waals surface area contributed by atoms with Crippen LogP contribution < -0.4 is 5.32 Å². The summed E-state index contributed by atoms with van der Waals surface area (Å²) in [6.45, 7) is 5.35. The number of piperazine rings is 1. The Balaban J connectivity index is 2.32. The van der Waals surface area contributed by atoms with Crippen molar-refractivity contribution in [2.24, 2.45) is 0 Å². The van der Waals surface area contributed by atoms with Crippen molar-refractivity contribution in [3.8, 4) is 0 Å². The lowest BCUT2D eigenvalue weighted by Crippen LogP contribution is -2.52. The van der Waals surface area contributed by atoms with Crippen molar-refractivity contribution in [2.75, 3.05) is 26.2 Å². The summed E-state index contributed by atoms with van der Waals surface area (Å²) in [5.74, 6) is -0.532. The normalized spacial score (nSPS) is 21.9. The molecule has 1 fully saturated rings. The standard InChI is InChI=1S/C9H16N2O3/c1-7-5-11(4-3-10-7)9(13)6-14-8(2)12/h7,10H,3-6H2,1-2H3/t7-/m0/s1. The van der Waals surface area contributed by atoms with Crippen molar-refractivity contribution < 1.29 is 14.3 Å². The van der Waals surface area contributed by atoms with Gasteiger partial charge in [-0.05, 0) is 6.92 Å². The fourth-order valence-corrected chi connectivity index (χ4v) is 1.41. The number of carbonyl (C=O) groups excluding carboxylic acids is 2. The van der Waals surface area contributed by atoms with E-state index in [4.69, 9.17) is 0 Å². The number of carbonyl (C=O) groups is 2. The van der Waals surface area contributed by atoms with E-state index in [-0.39, 0.29) is 12.5 Å². The summed E-state index contributed by atoms with van der Waals surface area (Å²) >= 11 is 0. The minimum Gasteiger partial charge on any atom is -0.456 e. The minimum absolute atomic E-state index is 0.117. The van der Waals surface area contributed by atoms with Crippen LogP contribution in [0.25, 0.3) is 0 Å². The van der Waals surface area contributed by atoms with Gasteiger partial charge in [0.15, 0.2) is 6.61 Å². The van der Waals surface area contributed by atoms with Crippen LogP contribution in [0.4, 0.5) is 0 Å². The molecule has 5 heteroatoms. The second-order valence-corrected chi connectivity index (χ2v) is 3.48. The second kappa shape index (κ2) is 4.95. The largest absolute Gasteiger partial charge is 0.456 e. The third-order valence-corrected chi connectivity index (χ3v) is 2.12. The van der Waals surface area contributed by atoms with E-state index in [1.807, 2.05) is 6.92 Å². The van der Waals surface area contributed by atoms with E-state index in [0.717, 1.165) is 6.54 Å². The molecule has 1 heterocycles. The average molecular weight is 200 g/mol. The number of hydrogen-bond donors (Lipinski definition) is 1. The van der Waals surface area contributed by atoms with Crippen molar-refractivity contribution in [1.82, 2.24) is 10.2 Å². The molecule has 0 radical (unpaired) electrons. The Labute approximate surface area is 83.4 Å². The van der Waals surface area contributed by atoms with Gasteiger partial charge in [0.05, 0.1) is 0 Å². The van der Waals surface area contributed by atoms with Gasteiger partial charge in [0.25, 0.3) is 5.91 Å². The van der Waals surface area contributed by atoms with Gasteiger partial charge in [-0.25, -0.2) is 0 Å². The Morgan fingerprint density at radius 1 is 1.57 bits per heavy atom. The topological polar surface area (TPSA) is 58.6 Å². The van der Waals surface area contributed by atoms with Gasteiger partial charge in [-0.15, -0.1) is 0 Å². The smallest absolute Gasteiger partial charge is 0.303 e. The third-order valence-electron chi connectivity index (χ3n) is 2.12. The Hall–Kier alpha value is -1.10. The van der Waals surface area contributed by atoms with Gasteiger partial charge < -0.3 is 15.0 Å². The zero-order valence-electron chi connectivity index (χ0n) is 8.58. The predicted octanol–water partition coefficient (Wildman–Crippen LogP) is -0.630. The van der Waals surface area contributed by atoms with E-state index in [0.29, 0.717) is 19.1 Å². The lowest BCUT2D eigenvalue weighted by atomic mass is 10.2. The van der Waals surface area contributed by atoms with E-state index >= 15 is 0 Å². The molecule has 0 bridgehead atoms. The van der Waals surface area contributed by atoms with E-state index in [1.54, 1.807) is 4.90 Å². The maximum absolute atomic E-state index is 11.5. The fourth-order valence-electron chi connectivity index (χ4n) is 1.41. The van der Waals surface area contributed by atoms with Crippen LogP contribution >= 0.6 is 0 Å². The number of hydrogen-bond acceptors (Lipinski definition) is 4. The first-order valence-electron chi connectivity index (χ1n) is 4.74. The lowest BCUT2D eigenvalue weighted by molar-refractivity contribution is -0.150. The SMILES string of the molecule is CC(=O)OCC(=O)N1CCN[C@@H](C)C1. The predicted molar refractivity (Wildman–Crippen MR) is 50.7 cm³/mol. The summed E-state index contributed by atoms with van der Waals surface area (Å²) in [7, 11) is 0. The molecule has 80 valence electrons. The van der Waals surface area contributed by atoms with Gasteiger partial charge in [-0.2, -0.15) is 0 Å². The molecule has 0 unspecified atom stereocenters. The molecule has 1 amide bonds. The molecule has 0 spiro atoms. The van der Waals surface area contributed by atoms with Crippen LogP contribution in [-0.4, -0.2) is 49.1 Å². The summed E-state index contributed by atoms with van der Waals surface area (Å²) in [5.41, 5.74) is 0. The van der Waals surface area contributed by atoms with Crippen molar-refractivity contribution in [3.63, 3.8) is 0 Å². The highest BCUT2D eigenvalue weighted by Crippen LogP contribution is 1.99. The molecule has 1 rings (SSSR count). The Morgan fingerprint density at radius 3 is 2.86 bits per heavy atom. The minimum atomic E-state index is -0.415. The first-order valence-corrected chi connectivity index (χ1v) is 4.74. The number of esters is 1. The quantitative estimate of drug-likeness (QED) is 0.603. The highest BCUT2D eigenvalue weighted by atomic mass is 16.5. The van der Waals surface area contributed by atoms with E-state index < -0.39 is 5.97 Å². The van der Waals surface area contributed by atoms with Crippen molar-refractivity contribution in [2.45, 2.75) is 19.9 Å². The first-order chi connectivity index (χ1) is 6.59. The summed E-state index contributed by atoms with van der Waals surface area (Å²) < 4.78 is 4.64. The molecule has 0 aromatic heterocycles. The van der Waals surface area contributed by atoms with Crippen LogP contribution in [0.15, 0.2) is 0 Å². The summed E-state index contributed by atoms with van der Waals surface area (Å²) in [6, 6.07) is 0.310. The first kappa shape index (κ1) is 11.0. The number of rotatable bonds is 2. The van der Waals surface area contributed by atoms with Crippen molar-refractivity contribution in [3.05, 3.63) is 0 Å². The maximum Gasteiger partial charge on any atom is 0.303 e. The van der Waals surface area contributed by atoms with Gasteiger partial charge in [-0.1, -0.05) is 0 Å². The summed E-state index contributed by atoms with van der Waals surface area (Å²) in [6.07, 6.45) is 0. The van der Waals surface area contributed by atoms with E-state index in [9.17, 15) is 9.59 Å². The fraction of sp³-hybridized carbons (Fsp3) is 0.778. The summed E-state index contributed by atoms with van der Waals surface area (Å²) in [5, 5.41) is 3.23. The molecule has 0 aromatic rings. The van der Waals surface area contributed by atoms with Crippen LogP contribution in [0, 0.1) is 0 Å². The Kier molecular flexibility index (Phi) is 3.88. The van der Waals surface area contributed by atoms with Crippen LogP contribution in [0.3, 0.4) is 0 Å². The lowest BCUT2D eigenvalue weighted by Gasteiger charge is -2.31.